The van der Waals surface area contributed by atoms with E-state index in [0.717, 1.165) is 42.6 Å². The van der Waals surface area contributed by atoms with Crippen molar-refractivity contribution in [3.63, 3.8) is 0 Å². The van der Waals surface area contributed by atoms with Crippen molar-refractivity contribution < 1.29 is 9.47 Å². The molecule has 0 saturated heterocycles. The second-order valence-corrected chi connectivity index (χ2v) is 7.66. The van der Waals surface area contributed by atoms with E-state index in [1.165, 1.54) is 11.1 Å². The van der Waals surface area contributed by atoms with Crippen LogP contribution in [0.15, 0.2) is 65.0 Å². The molecular formula is C25H27N3O3. The van der Waals surface area contributed by atoms with E-state index in [-0.39, 0.29) is 11.5 Å². The van der Waals surface area contributed by atoms with Gasteiger partial charge in [0.25, 0.3) is 5.56 Å². The minimum atomic E-state index is -0.154. The van der Waals surface area contributed by atoms with Crippen molar-refractivity contribution in [1.29, 1.82) is 0 Å². The fraction of sp³-hybridized carbons (Fsp3) is 0.320. The van der Waals surface area contributed by atoms with Gasteiger partial charge < -0.3 is 9.47 Å². The molecule has 0 bridgehead atoms. The van der Waals surface area contributed by atoms with Gasteiger partial charge in [-0.05, 0) is 37.1 Å². The third-order valence-corrected chi connectivity index (χ3v) is 5.64. The summed E-state index contributed by atoms with van der Waals surface area (Å²) >= 11 is 0. The molecule has 1 heterocycles. The van der Waals surface area contributed by atoms with E-state index >= 15 is 0 Å². The Morgan fingerprint density at radius 3 is 2.74 bits per heavy atom. The lowest BCUT2D eigenvalue weighted by Gasteiger charge is -2.22. The average molecular weight is 418 g/mol. The van der Waals surface area contributed by atoms with Gasteiger partial charge in [-0.25, -0.2) is 4.98 Å². The van der Waals surface area contributed by atoms with Gasteiger partial charge in [-0.2, -0.15) is 9.78 Å². The molecule has 0 spiro atoms. The van der Waals surface area contributed by atoms with Crippen LogP contribution < -0.4 is 15.0 Å². The number of nitrogens with zero attached hydrogens (tertiary/aromatic N) is 3. The number of ether oxygens (including phenoxy) is 2. The van der Waals surface area contributed by atoms with Crippen molar-refractivity contribution in [2.75, 3.05) is 13.7 Å². The molecule has 4 rings (SSSR count). The number of hydrogen-bond acceptors (Lipinski definition) is 5. The molecule has 6 nitrogen and oxygen atoms in total. The SMILES string of the molecule is C=CCOc1c(C=Nn2c(C3CCCCC3)nc3ccccc3c2=O)cccc1OC. The van der Waals surface area contributed by atoms with Crippen LogP contribution in [0.1, 0.15) is 49.4 Å². The highest BCUT2D eigenvalue weighted by Crippen LogP contribution is 2.32. The summed E-state index contributed by atoms with van der Waals surface area (Å²) in [5.74, 6) is 2.12. The lowest BCUT2D eigenvalue weighted by atomic mass is 9.88. The summed E-state index contributed by atoms with van der Waals surface area (Å²) in [5.41, 5.74) is 1.28. The maximum Gasteiger partial charge on any atom is 0.282 e. The Hall–Kier alpha value is -3.41. The number of benzene rings is 2. The Kier molecular flexibility index (Phi) is 6.46. The fourth-order valence-corrected chi connectivity index (χ4v) is 4.09. The fourth-order valence-electron chi connectivity index (χ4n) is 4.09. The van der Waals surface area contributed by atoms with E-state index in [0.29, 0.717) is 23.5 Å². The highest BCUT2D eigenvalue weighted by molar-refractivity contribution is 5.85. The largest absolute Gasteiger partial charge is 0.493 e. The number of rotatable bonds is 7. The summed E-state index contributed by atoms with van der Waals surface area (Å²) < 4.78 is 12.7. The zero-order valence-corrected chi connectivity index (χ0v) is 17.8. The predicted octanol–water partition coefficient (Wildman–Crippen LogP) is 4.90. The summed E-state index contributed by atoms with van der Waals surface area (Å²) in [5, 5.41) is 5.16. The highest BCUT2D eigenvalue weighted by Gasteiger charge is 2.22. The van der Waals surface area contributed by atoms with Gasteiger partial charge >= 0.3 is 0 Å². The predicted molar refractivity (Wildman–Crippen MR) is 124 cm³/mol. The Balaban J connectivity index is 1.82. The van der Waals surface area contributed by atoms with Crippen LogP contribution in [0.25, 0.3) is 10.9 Å². The first kappa shape index (κ1) is 20.8. The molecule has 1 saturated carbocycles. The van der Waals surface area contributed by atoms with Crippen molar-refractivity contribution in [3.8, 4) is 11.5 Å². The topological polar surface area (TPSA) is 65.7 Å². The summed E-state index contributed by atoms with van der Waals surface area (Å²) in [4.78, 5) is 18.2. The van der Waals surface area contributed by atoms with Crippen LogP contribution in [-0.2, 0) is 0 Å². The molecule has 2 aromatic carbocycles. The molecule has 0 unspecified atom stereocenters. The molecule has 1 aromatic heterocycles. The summed E-state index contributed by atoms with van der Waals surface area (Å²) in [7, 11) is 1.59. The molecule has 0 aliphatic heterocycles. The first-order valence-corrected chi connectivity index (χ1v) is 10.7. The first-order valence-electron chi connectivity index (χ1n) is 10.7. The van der Waals surface area contributed by atoms with Crippen LogP contribution in [0.3, 0.4) is 0 Å². The van der Waals surface area contributed by atoms with Gasteiger partial charge in [0.1, 0.15) is 12.4 Å². The highest BCUT2D eigenvalue weighted by atomic mass is 16.5. The first-order chi connectivity index (χ1) is 15.2. The molecule has 0 amide bonds. The number of fused-ring (bicyclic) bond motifs is 1. The van der Waals surface area contributed by atoms with E-state index in [9.17, 15) is 4.79 Å². The maximum absolute atomic E-state index is 13.3. The van der Waals surface area contributed by atoms with Crippen molar-refractivity contribution in [1.82, 2.24) is 9.66 Å². The minimum absolute atomic E-state index is 0.154. The summed E-state index contributed by atoms with van der Waals surface area (Å²) in [6, 6.07) is 13.0. The second-order valence-electron chi connectivity index (χ2n) is 7.66. The van der Waals surface area contributed by atoms with Crippen molar-refractivity contribution in [2.24, 2.45) is 5.10 Å². The molecule has 1 fully saturated rings. The van der Waals surface area contributed by atoms with Crippen LogP contribution in [0.4, 0.5) is 0 Å². The molecule has 1 aliphatic carbocycles. The Morgan fingerprint density at radius 1 is 1.16 bits per heavy atom. The molecular weight excluding hydrogens is 390 g/mol. The third kappa shape index (κ3) is 4.38. The number of aromatic nitrogens is 2. The van der Waals surface area contributed by atoms with Gasteiger partial charge in [0.2, 0.25) is 0 Å². The maximum atomic E-state index is 13.3. The zero-order chi connectivity index (χ0) is 21.6. The van der Waals surface area contributed by atoms with Crippen LogP contribution in [0, 0.1) is 0 Å². The third-order valence-electron chi connectivity index (χ3n) is 5.64. The summed E-state index contributed by atoms with van der Waals surface area (Å²) in [6.45, 7) is 4.04. The van der Waals surface area contributed by atoms with Crippen molar-refractivity contribution in [2.45, 2.75) is 38.0 Å². The Morgan fingerprint density at radius 2 is 1.97 bits per heavy atom. The van der Waals surface area contributed by atoms with E-state index < -0.39 is 0 Å². The average Bonchev–Trinajstić information content (AvgIpc) is 2.82. The van der Waals surface area contributed by atoms with E-state index in [4.69, 9.17) is 14.5 Å². The molecule has 0 N–H and O–H groups in total. The lowest BCUT2D eigenvalue weighted by molar-refractivity contribution is 0.326. The molecule has 0 atom stereocenters. The Bertz CT molecular complexity index is 1160. The summed E-state index contributed by atoms with van der Waals surface area (Å²) in [6.07, 6.45) is 8.88. The van der Waals surface area contributed by atoms with Crippen LogP contribution >= 0.6 is 0 Å². The number of methoxy groups -OCH3 is 1. The van der Waals surface area contributed by atoms with Gasteiger partial charge in [0, 0.05) is 11.5 Å². The molecule has 3 aromatic rings. The smallest absolute Gasteiger partial charge is 0.282 e. The van der Waals surface area contributed by atoms with E-state index in [1.54, 1.807) is 25.5 Å². The van der Waals surface area contributed by atoms with Crippen molar-refractivity contribution in [3.05, 3.63) is 76.9 Å². The van der Waals surface area contributed by atoms with Crippen LogP contribution in [0.5, 0.6) is 11.5 Å². The van der Waals surface area contributed by atoms with Gasteiger partial charge in [-0.3, -0.25) is 4.79 Å². The van der Waals surface area contributed by atoms with E-state index in [1.807, 2.05) is 36.4 Å². The lowest BCUT2D eigenvalue weighted by Crippen LogP contribution is -2.25. The van der Waals surface area contributed by atoms with Crippen molar-refractivity contribution >= 4 is 17.1 Å². The van der Waals surface area contributed by atoms with E-state index in [2.05, 4.69) is 11.7 Å². The van der Waals surface area contributed by atoms with Gasteiger partial charge in [-0.1, -0.05) is 50.1 Å². The molecule has 1 aliphatic rings. The second kappa shape index (κ2) is 9.60. The number of hydrogen-bond donors (Lipinski definition) is 0. The number of para-hydroxylation sites is 2. The van der Waals surface area contributed by atoms with Crippen LogP contribution in [-0.4, -0.2) is 29.6 Å². The minimum Gasteiger partial charge on any atom is -0.493 e. The molecule has 160 valence electrons. The molecule has 31 heavy (non-hydrogen) atoms. The van der Waals surface area contributed by atoms with Gasteiger partial charge in [0.05, 0.1) is 24.2 Å². The Labute approximate surface area is 181 Å². The quantitative estimate of drug-likeness (QED) is 0.405. The molecule has 0 radical (unpaired) electrons. The standard InChI is InChI=1S/C25H27N3O3/c1-3-16-31-23-19(12-9-15-22(23)30-2)17-26-28-24(18-10-5-4-6-11-18)27-21-14-8-7-13-20(21)25(28)29/h3,7-9,12-15,17-18H,1,4-6,10-11,16H2,2H3. The van der Waals surface area contributed by atoms with Gasteiger partial charge in [-0.15, -0.1) is 0 Å². The monoisotopic (exact) mass is 417 g/mol. The van der Waals surface area contributed by atoms with Crippen LogP contribution in [0.2, 0.25) is 0 Å². The zero-order valence-electron chi connectivity index (χ0n) is 17.8. The molecule has 6 heteroatoms. The normalized spacial score (nSPS) is 14.7. The van der Waals surface area contributed by atoms with Gasteiger partial charge in [0.15, 0.2) is 11.5 Å².